The second-order valence-electron chi connectivity index (χ2n) is 9.20. The summed E-state index contributed by atoms with van der Waals surface area (Å²) in [6.45, 7) is 3.22. The summed E-state index contributed by atoms with van der Waals surface area (Å²) < 4.78 is 6.20. The molecule has 1 amide bonds. The average Bonchev–Trinajstić information content (AvgIpc) is 3.50. The van der Waals surface area contributed by atoms with Crippen LogP contribution >= 0.6 is 24.0 Å². The number of benzene rings is 1. The number of nitrogens with zero attached hydrogens (tertiary/aromatic N) is 2. The highest BCUT2D eigenvalue weighted by Crippen LogP contribution is 2.32. The Hall–Kier alpha value is -1.35. The summed E-state index contributed by atoms with van der Waals surface area (Å²) in [5.74, 6) is 1.46. The standard InChI is InChI=1S/C25H38N4O2.HI/c1-26-25(28-21-14-16-29(18-21)24(30)20-9-2-3-10-20)27-15-7-17-31-23-13-6-11-19-8-4-5-12-22(19)23;/h4-5,8,12,20-21,23H,2-3,6-7,9-11,13-18H2,1H3,(H2,26,27,28);1H. The van der Waals surface area contributed by atoms with Crippen LogP contribution in [0.3, 0.4) is 0 Å². The number of carbonyl (C=O) groups excluding carboxylic acids is 1. The van der Waals surface area contributed by atoms with Crippen LogP contribution in [0.4, 0.5) is 0 Å². The maximum atomic E-state index is 12.6. The van der Waals surface area contributed by atoms with Gasteiger partial charge >= 0.3 is 0 Å². The number of carbonyl (C=O) groups is 1. The second-order valence-corrected chi connectivity index (χ2v) is 9.20. The van der Waals surface area contributed by atoms with Crippen LogP contribution in [0.5, 0.6) is 0 Å². The lowest BCUT2D eigenvalue weighted by atomic mass is 9.89. The van der Waals surface area contributed by atoms with E-state index in [1.54, 1.807) is 7.05 Å². The zero-order valence-electron chi connectivity index (χ0n) is 19.4. The molecule has 2 aliphatic carbocycles. The van der Waals surface area contributed by atoms with E-state index in [1.165, 1.54) is 36.8 Å². The van der Waals surface area contributed by atoms with Gasteiger partial charge in [-0.05, 0) is 56.1 Å². The second kappa shape index (κ2) is 12.8. The SMILES string of the molecule is CN=C(NCCCOC1CCCc2ccccc21)NC1CCN(C(=O)C2CCCC2)C1.I. The number of aliphatic imine (C=N–C) groups is 1. The molecule has 1 saturated carbocycles. The molecule has 32 heavy (non-hydrogen) atoms. The Morgan fingerprint density at radius 1 is 1.16 bits per heavy atom. The maximum Gasteiger partial charge on any atom is 0.225 e. The number of aryl methyl sites for hydroxylation is 1. The lowest BCUT2D eigenvalue weighted by Gasteiger charge is -2.25. The molecular weight excluding hydrogens is 515 g/mol. The molecule has 1 saturated heterocycles. The van der Waals surface area contributed by atoms with Crippen molar-refractivity contribution in [2.45, 2.75) is 69.9 Å². The van der Waals surface area contributed by atoms with Gasteiger partial charge in [-0.15, -0.1) is 24.0 Å². The van der Waals surface area contributed by atoms with Crippen LogP contribution in [0, 0.1) is 5.92 Å². The third-order valence-electron chi connectivity index (χ3n) is 7.02. The van der Waals surface area contributed by atoms with Crippen LogP contribution in [0.1, 0.15) is 68.6 Å². The van der Waals surface area contributed by atoms with Gasteiger partial charge in [0.1, 0.15) is 0 Å². The summed E-state index contributed by atoms with van der Waals surface area (Å²) in [7, 11) is 1.81. The molecule has 0 radical (unpaired) electrons. The fourth-order valence-corrected chi connectivity index (χ4v) is 5.28. The Morgan fingerprint density at radius 2 is 1.97 bits per heavy atom. The Balaban J connectivity index is 0.00000289. The number of hydrogen-bond acceptors (Lipinski definition) is 3. The van der Waals surface area contributed by atoms with Crippen LogP contribution in [-0.4, -0.2) is 56.1 Å². The molecule has 4 rings (SSSR count). The molecule has 3 aliphatic rings. The van der Waals surface area contributed by atoms with Crippen LogP contribution < -0.4 is 10.6 Å². The molecule has 178 valence electrons. The van der Waals surface area contributed by atoms with Gasteiger partial charge in [-0.2, -0.15) is 0 Å². The van der Waals surface area contributed by atoms with Gasteiger partial charge in [0.05, 0.1) is 6.10 Å². The number of halogens is 1. The lowest BCUT2D eigenvalue weighted by molar-refractivity contribution is -0.134. The van der Waals surface area contributed by atoms with Crippen molar-refractivity contribution in [2.24, 2.45) is 10.9 Å². The number of fused-ring (bicyclic) bond motifs is 1. The van der Waals surface area contributed by atoms with Crippen molar-refractivity contribution in [3.63, 3.8) is 0 Å². The number of nitrogens with one attached hydrogen (secondary N) is 2. The number of hydrogen-bond donors (Lipinski definition) is 2. The van der Waals surface area contributed by atoms with Crippen molar-refractivity contribution in [2.75, 3.05) is 33.3 Å². The zero-order valence-corrected chi connectivity index (χ0v) is 21.7. The molecule has 2 N–H and O–H groups in total. The summed E-state index contributed by atoms with van der Waals surface area (Å²) >= 11 is 0. The summed E-state index contributed by atoms with van der Waals surface area (Å²) in [5, 5.41) is 6.91. The Morgan fingerprint density at radius 3 is 2.78 bits per heavy atom. The first-order valence-electron chi connectivity index (χ1n) is 12.2. The topological polar surface area (TPSA) is 66.0 Å². The van der Waals surface area contributed by atoms with Crippen LogP contribution in [0.15, 0.2) is 29.3 Å². The van der Waals surface area contributed by atoms with E-state index in [0.29, 0.717) is 5.91 Å². The van der Waals surface area contributed by atoms with Crippen LogP contribution in [0.2, 0.25) is 0 Å². The lowest BCUT2D eigenvalue weighted by Crippen LogP contribution is -2.45. The Labute approximate surface area is 210 Å². The monoisotopic (exact) mass is 554 g/mol. The summed E-state index contributed by atoms with van der Waals surface area (Å²) in [6, 6.07) is 8.96. The molecule has 6 nitrogen and oxygen atoms in total. The van der Waals surface area contributed by atoms with E-state index in [2.05, 4.69) is 44.8 Å². The minimum Gasteiger partial charge on any atom is -0.373 e. The highest BCUT2D eigenvalue weighted by molar-refractivity contribution is 14.0. The molecule has 2 fully saturated rings. The number of rotatable bonds is 7. The van der Waals surface area contributed by atoms with E-state index in [1.807, 2.05) is 0 Å². The first-order chi connectivity index (χ1) is 15.2. The van der Waals surface area contributed by atoms with Gasteiger partial charge in [0.25, 0.3) is 0 Å². The normalized spacial score (nSPS) is 23.5. The number of ether oxygens (including phenoxy) is 1. The fourth-order valence-electron chi connectivity index (χ4n) is 5.28. The number of amides is 1. The first kappa shape index (κ1) is 25.3. The Bertz CT molecular complexity index is 766. The van der Waals surface area contributed by atoms with E-state index in [9.17, 15) is 4.79 Å². The number of likely N-dealkylation sites (tertiary alicyclic amines) is 1. The smallest absolute Gasteiger partial charge is 0.225 e. The first-order valence-corrected chi connectivity index (χ1v) is 12.2. The summed E-state index contributed by atoms with van der Waals surface area (Å²) in [6.07, 6.45) is 10.2. The van der Waals surface area contributed by atoms with Crippen molar-refractivity contribution < 1.29 is 9.53 Å². The van der Waals surface area contributed by atoms with Crippen molar-refractivity contribution in [1.29, 1.82) is 0 Å². The van der Waals surface area contributed by atoms with Crippen LogP contribution in [-0.2, 0) is 16.0 Å². The summed E-state index contributed by atoms with van der Waals surface area (Å²) in [4.78, 5) is 19.1. The van der Waals surface area contributed by atoms with E-state index in [0.717, 1.165) is 64.3 Å². The predicted octanol–water partition coefficient (Wildman–Crippen LogP) is 4.04. The van der Waals surface area contributed by atoms with Gasteiger partial charge in [0.15, 0.2) is 5.96 Å². The Kier molecular flexibility index (Phi) is 10.1. The molecule has 1 aromatic rings. The molecule has 2 unspecified atom stereocenters. The van der Waals surface area contributed by atoms with E-state index in [4.69, 9.17) is 4.74 Å². The van der Waals surface area contributed by atoms with Gasteiger partial charge in [0, 0.05) is 45.2 Å². The minimum atomic E-state index is 0. The van der Waals surface area contributed by atoms with Gasteiger partial charge in [-0.3, -0.25) is 9.79 Å². The highest BCUT2D eigenvalue weighted by Gasteiger charge is 2.32. The summed E-state index contributed by atoms with van der Waals surface area (Å²) in [5.41, 5.74) is 2.82. The highest BCUT2D eigenvalue weighted by atomic mass is 127. The van der Waals surface area contributed by atoms with Gasteiger partial charge in [-0.25, -0.2) is 0 Å². The fraction of sp³-hybridized carbons (Fsp3) is 0.680. The third kappa shape index (κ3) is 6.59. The van der Waals surface area contributed by atoms with E-state index >= 15 is 0 Å². The van der Waals surface area contributed by atoms with Crippen molar-refractivity contribution in [1.82, 2.24) is 15.5 Å². The van der Waals surface area contributed by atoms with E-state index in [-0.39, 0.29) is 42.0 Å². The molecule has 0 spiro atoms. The molecule has 1 heterocycles. The molecule has 1 aromatic carbocycles. The molecule has 7 heteroatoms. The third-order valence-corrected chi connectivity index (χ3v) is 7.02. The molecule has 0 bridgehead atoms. The molecule has 2 atom stereocenters. The van der Waals surface area contributed by atoms with Gasteiger partial charge in [-0.1, -0.05) is 37.1 Å². The largest absolute Gasteiger partial charge is 0.373 e. The maximum absolute atomic E-state index is 12.6. The van der Waals surface area contributed by atoms with Crippen molar-refractivity contribution >= 4 is 35.8 Å². The zero-order chi connectivity index (χ0) is 21.5. The number of guanidine groups is 1. The predicted molar refractivity (Wildman–Crippen MR) is 140 cm³/mol. The van der Waals surface area contributed by atoms with Crippen molar-refractivity contribution in [3.8, 4) is 0 Å². The molecule has 0 aromatic heterocycles. The minimum absolute atomic E-state index is 0. The van der Waals surface area contributed by atoms with Crippen LogP contribution in [0.25, 0.3) is 0 Å². The van der Waals surface area contributed by atoms with Gasteiger partial charge < -0.3 is 20.3 Å². The van der Waals surface area contributed by atoms with E-state index < -0.39 is 0 Å². The molecular formula is C25H39IN4O2. The quantitative estimate of drug-likeness (QED) is 0.231. The van der Waals surface area contributed by atoms with Gasteiger partial charge in [0.2, 0.25) is 5.91 Å². The van der Waals surface area contributed by atoms with Crippen molar-refractivity contribution in [3.05, 3.63) is 35.4 Å². The average molecular weight is 555 g/mol. The molecule has 1 aliphatic heterocycles.